The second-order valence-corrected chi connectivity index (χ2v) is 11.0. The number of ether oxygens (including phenoxy) is 2. The average molecular weight is 561 g/mol. The standard InChI is InChI=1S/C29H33FN8O3/c1-5-23(39)37-10-12-38(13-11-37)26-20-8-9-31-27(41-25-18(2)6-7-22-21(25)15-32-35-22)24(20)33-28(34-26)40-16-19-14-29(3,30)17-36(19)4/h5-9,15,19H,1,10-14,16-17H2,2-4H3,(H,32,35)/t19-,29?/m0/s1. The van der Waals surface area contributed by atoms with Crippen LogP contribution in [0.3, 0.4) is 0 Å². The Balaban J connectivity index is 1.37. The highest BCUT2D eigenvalue weighted by atomic mass is 19.1. The lowest BCUT2D eigenvalue weighted by atomic mass is 10.1. The average Bonchev–Trinajstić information content (AvgIpc) is 3.55. The molecule has 2 fully saturated rings. The van der Waals surface area contributed by atoms with Crippen LogP contribution in [-0.4, -0.2) is 98.9 Å². The molecule has 2 aliphatic rings. The molecule has 214 valence electrons. The molecule has 0 spiro atoms. The zero-order valence-electron chi connectivity index (χ0n) is 23.4. The van der Waals surface area contributed by atoms with E-state index in [0.29, 0.717) is 62.1 Å². The fourth-order valence-corrected chi connectivity index (χ4v) is 5.69. The highest BCUT2D eigenvalue weighted by Crippen LogP contribution is 2.37. The minimum absolute atomic E-state index is 0.0922. The number of likely N-dealkylation sites (tertiary alicyclic amines) is 1. The first-order valence-corrected chi connectivity index (χ1v) is 13.7. The molecular weight excluding hydrogens is 527 g/mol. The number of carbonyl (C=O) groups excluding carboxylic acids is 1. The van der Waals surface area contributed by atoms with Gasteiger partial charge in [-0.05, 0) is 44.7 Å². The lowest BCUT2D eigenvalue weighted by molar-refractivity contribution is -0.126. The number of hydrogen-bond acceptors (Lipinski definition) is 9. The number of nitrogens with one attached hydrogen (secondary N) is 1. The Morgan fingerprint density at radius 3 is 2.76 bits per heavy atom. The van der Waals surface area contributed by atoms with E-state index < -0.39 is 5.67 Å². The number of rotatable bonds is 7. The topological polar surface area (TPSA) is 113 Å². The van der Waals surface area contributed by atoms with Crippen LogP contribution in [-0.2, 0) is 4.79 Å². The first kappa shape index (κ1) is 26.9. The van der Waals surface area contributed by atoms with Crippen molar-refractivity contribution in [2.75, 3.05) is 51.3 Å². The number of benzene rings is 1. The van der Waals surface area contributed by atoms with Crippen molar-refractivity contribution in [2.24, 2.45) is 0 Å². The molecule has 0 saturated carbocycles. The molecule has 2 aliphatic heterocycles. The summed E-state index contributed by atoms with van der Waals surface area (Å²) < 4.78 is 27.2. The molecule has 1 aromatic carbocycles. The summed E-state index contributed by atoms with van der Waals surface area (Å²) in [5, 5.41) is 8.71. The third kappa shape index (κ3) is 5.26. The van der Waals surface area contributed by atoms with Gasteiger partial charge >= 0.3 is 6.01 Å². The number of alkyl halides is 1. The van der Waals surface area contributed by atoms with Crippen LogP contribution < -0.4 is 14.4 Å². The normalized spacial score (nSPS) is 21.5. The zero-order valence-corrected chi connectivity index (χ0v) is 23.4. The maximum atomic E-state index is 14.6. The third-order valence-corrected chi connectivity index (χ3v) is 7.84. The Bertz CT molecular complexity index is 1610. The minimum Gasteiger partial charge on any atom is -0.462 e. The number of aromatic amines is 1. The van der Waals surface area contributed by atoms with Gasteiger partial charge in [-0.1, -0.05) is 12.6 Å². The number of amides is 1. The molecular formula is C29H33FN8O3. The number of anilines is 1. The van der Waals surface area contributed by atoms with Crippen molar-refractivity contribution in [2.45, 2.75) is 32.0 Å². The number of fused-ring (bicyclic) bond motifs is 2. The smallest absolute Gasteiger partial charge is 0.319 e. The fourth-order valence-electron chi connectivity index (χ4n) is 5.69. The molecule has 1 amide bonds. The molecule has 0 radical (unpaired) electrons. The van der Waals surface area contributed by atoms with Crippen molar-refractivity contribution in [1.82, 2.24) is 34.9 Å². The molecule has 2 atom stereocenters. The van der Waals surface area contributed by atoms with Gasteiger partial charge in [0.15, 0.2) is 0 Å². The van der Waals surface area contributed by atoms with Crippen molar-refractivity contribution < 1.29 is 18.7 Å². The fraction of sp³-hybridized carbons (Fsp3) is 0.414. The number of aromatic nitrogens is 5. The van der Waals surface area contributed by atoms with Gasteiger partial charge < -0.3 is 19.3 Å². The summed E-state index contributed by atoms with van der Waals surface area (Å²) in [6, 6.07) is 5.82. The second kappa shape index (κ2) is 10.6. The van der Waals surface area contributed by atoms with Gasteiger partial charge in [-0.3, -0.25) is 14.8 Å². The molecule has 6 rings (SSSR count). The molecule has 5 heterocycles. The highest BCUT2D eigenvalue weighted by Gasteiger charge is 2.39. The summed E-state index contributed by atoms with van der Waals surface area (Å²) in [6.45, 7) is 9.98. The van der Waals surface area contributed by atoms with Gasteiger partial charge in [-0.25, -0.2) is 9.37 Å². The van der Waals surface area contributed by atoms with E-state index in [9.17, 15) is 9.18 Å². The number of aryl methyl sites for hydroxylation is 1. The Kier molecular flexibility index (Phi) is 6.94. The maximum absolute atomic E-state index is 14.6. The Morgan fingerprint density at radius 2 is 2.02 bits per heavy atom. The Labute approximate surface area is 237 Å². The van der Waals surface area contributed by atoms with Crippen LogP contribution in [0.4, 0.5) is 10.2 Å². The van der Waals surface area contributed by atoms with Crippen LogP contribution in [0.25, 0.3) is 21.8 Å². The van der Waals surface area contributed by atoms with Crippen molar-refractivity contribution in [3.8, 4) is 17.6 Å². The van der Waals surface area contributed by atoms with Crippen molar-refractivity contribution in [3.05, 3.63) is 48.8 Å². The van der Waals surface area contributed by atoms with Crippen LogP contribution >= 0.6 is 0 Å². The highest BCUT2D eigenvalue weighted by molar-refractivity contribution is 5.94. The van der Waals surface area contributed by atoms with Crippen LogP contribution in [0, 0.1) is 6.92 Å². The van der Waals surface area contributed by atoms with Gasteiger partial charge in [-0.15, -0.1) is 0 Å². The molecule has 1 unspecified atom stereocenters. The number of carbonyl (C=O) groups is 1. The summed E-state index contributed by atoms with van der Waals surface area (Å²) in [6.07, 6.45) is 5.09. The second-order valence-electron chi connectivity index (χ2n) is 11.0. The van der Waals surface area contributed by atoms with E-state index in [2.05, 4.69) is 26.7 Å². The summed E-state index contributed by atoms with van der Waals surface area (Å²) in [7, 11) is 1.89. The molecule has 4 aromatic rings. The van der Waals surface area contributed by atoms with Gasteiger partial charge in [0, 0.05) is 51.4 Å². The number of hydrogen-bond donors (Lipinski definition) is 1. The molecule has 0 aliphatic carbocycles. The molecule has 41 heavy (non-hydrogen) atoms. The van der Waals surface area contributed by atoms with Crippen molar-refractivity contribution in [1.29, 1.82) is 0 Å². The maximum Gasteiger partial charge on any atom is 0.319 e. The summed E-state index contributed by atoms with van der Waals surface area (Å²) in [4.78, 5) is 32.1. The zero-order chi connectivity index (χ0) is 28.7. The summed E-state index contributed by atoms with van der Waals surface area (Å²) in [5.74, 6) is 1.51. The van der Waals surface area contributed by atoms with Gasteiger partial charge in [0.25, 0.3) is 0 Å². The predicted molar refractivity (Wildman–Crippen MR) is 153 cm³/mol. The van der Waals surface area contributed by atoms with Crippen molar-refractivity contribution >= 4 is 33.5 Å². The molecule has 3 aromatic heterocycles. The van der Waals surface area contributed by atoms with E-state index in [4.69, 9.17) is 19.4 Å². The SMILES string of the molecule is C=CC(=O)N1CCN(c2nc(OC[C@@H]3CC(C)(F)CN3C)nc3c(Oc4c(C)ccc5[nH]ncc45)nccc23)CC1. The van der Waals surface area contributed by atoms with E-state index >= 15 is 0 Å². The number of pyridine rings is 1. The molecule has 11 nitrogen and oxygen atoms in total. The molecule has 0 bridgehead atoms. The minimum atomic E-state index is -1.27. The number of piperazine rings is 1. The largest absolute Gasteiger partial charge is 0.462 e. The van der Waals surface area contributed by atoms with Crippen LogP contribution in [0.15, 0.2) is 43.2 Å². The van der Waals surface area contributed by atoms with E-state index in [-0.39, 0.29) is 24.6 Å². The van der Waals surface area contributed by atoms with Crippen LogP contribution in [0.2, 0.25) is 0 Å². The Hall–Kier alpha value is -4.32. The lowest BCUT2D eigenvalue weighted by Crippen LogP contribution is -2.48. The van der Waals surface area contributed by atoms with Gasteiger partial charge in [0.1, 0.15) is 29.4 Å². The van der Waals surface area contributed by atoms with Gasteiger partial charge in [-0.2, -0.15) is 15.1 Å². The van der Waals surface area contributed by atoms with Gasteiger partial charge in [0.05, 0.1) is 22.5 Å². The molecule has 12 heteroatoms. The van der Waals surface area contributed by atoms with Crippen LogP contribution in [0.1, 0.15) is 18.9 Å². The quantitative estimate of drug-likeness (QED) is 0.339. The van der Waals surface area contributed by atoms with E-state index in [0.717, 1.165) is 21.9 Å². The lowest BCUT2D eigenvalue weighted by Gasteiger charge is -2.35. The number of nitrogens with zero attached hydrogens (tertiary/aromatic N) is 7. The predicted octanol–water partition coefficient (Wildman–Crippen LogP) is 3.65. The number of H-pyrrole nitrogens is 1. The number of likely N-dealkylation sites (N-methyl/N-ethyl adjacent to an activating group) is 1. The molecule has 1 N–H and O–H groups in total. The first-order valence-electron chi connectivity index (χ1n) is 13.7. The Morgan fingerprint density at radius 1 is 1.22 bits per heavy atom. The monoisotopic (exact) mass is 560 g/mol. The first-order chi connectivity index (χ1) is 19.7. The van der Waals surface area contributed by atoms with E-state index in [1.54, 1.807) is 24.2 Å². The summed E-state index contributed by atoms with van der Waals surface area (Å²) in [5.41, 5.74) is 0.993. The van der Waals surface area contributed by atoms with Crippen LogP contribution in [0.5, 0.6) is 17.6 Å². The van der Waals surface area contributed by atoms with Crippen molar-refractivity contribution in [3.63, 3.8) is 0 Å². The summed E-state index contributed by atoms with van der Waals surface area (Å²) >= 11 is 0. The van der Waals surface area contributed by atoms with Gasteiger partial charge in [0.2, 0.25) is 11.8 Å². The molecule has 2 saturated heterocycles. The third-order valence-electron chi connectivity index (χ3n) is 7.84. The van der Waals surface area contributed by atoms with E-state index in [1.165, 1.54) is 6.08 Å². The number of halogens is 1. The van der Waals surface area contributed by atoms with E-state index in [1.807, 2.05) is 37.1 Å².